The van der Waals surface area contributed by atoms with E-state index >= 15 is 0 Å². The molecule has 3 aromatic heterocycles. The number of rotatable bonds is 5. The second-order valence-corrected chi connectivity index (χ2v) is 6.81. The Balaban J connectivity index is 1.62. The fourth-order valence-electron chi connectivity index (χ4n) is 3.05. The van der Waals surface area contributed by atoms with Gasteiger partial charge in [-0.25, -0.2) is 4.98 Å². The molecule has 0 spiro atoms. The normalized spacial score (nSPS) is 12.7. The molecule has 1 atom stereocenters. The van der Waals surface area contributed by atoms with E-state index in [2.05, 4.69) is 39.3 Å². The van der Waals surface area contributed by atoms with Crippen LogP contribution in [0.15, 0.2) is 48.9 Å². The summed E-state index contributed by atoms with van der Waals surface area (Å²) in [6.45, 7) is 4.26. The fourth-order valence-corrected chi connectivity index (χ4v) is 3.05. The fraction of sp³-hybridized carbons (Fsp3) is 0.263. The molecular weight excluding hydrogens is 328 g/mol. The lowest BCUT2D eigenvalue weighted by molar-refractivity contribution is 0.0929. The van der Waals surface area contributed by atoms with E-state index in [4.69, 9.17) is 0 Å². The Morgan fingerprint density at radius 2 is 2.08 bits per heavy atom. The molecule has 1 amide bonds. The van der Waals surface area contributed by atoms with Crippen LogP contribution in [0.4, 0.5) is 0 Å². The molecule has 4 aromatic rings. The molecule has 4 rings (SSSR count). The Bertz CT molecular complexity index is 1030. The first-order valence-corrected chi connectivity index (χ1v) is 8.65. The maximum absolute atomic E-state index is 12.8. The third-order valence-corrected chi connectivity index (χ3v) is 4.30. The van der Waals surface area contributed by atoms with E-state index in [1.165, 1.54) is 0 Å². The molecule has 7 heteroatoms. The van der Waals surface area contributed by atoms with E-state index in [0.29, 0.717) is 17.1 Å². The summed E-state index contributed by atoms with van der Waals surface area (Å²) < 4.78 is 1.73. The van der Waals surface area contributed by atoms with Crippen molar-refractivity contribution in [3.05, 3.63) is 60.3 Å². The maximum Gasteiger partial charge on any atom is 0.253 e. The zero-order valence-corrected chi connectivity index (χ0v) is 14.7. The number of nitrogens with zero attached hydrogens (tertiary/aromatic N) is 4. The van der Waals surface area contributed by atoms with Crippen molar-refractivity contribution >= 4 is 22.6 Å². The average molecular weight is 348 g/mol. The minimum Gasteiger partial charge on any atom is -0.342 e. The first-order valence-electron chi connectivity index (χ1n) is 8.65. The third kappa shape index (κ3) is 3.15. The van der Waals surface area contributed by atoms with Crippen LogP contribution in [0.1, 0.15) is 42.5 Å². The van der Waals surface area contributed by atoms with Gasteiger partial charge in [-0.3, -0.25) is 9.20 Å². The maximum atomic E-state index is 12.8. The van der Waals surface area contributed by atoms with E-state index in [0.717, 1.165) is 23.3 Å². The average Bonchev–Trinajstić information content (AvgIpc) is 3.26. The quantitative estimate of drug-likeness (QED) is 0.580. The number of hydrogen-bond donors (Lipinski definition) is 2. The number of carbonyl (C=O) groups excluding carboxylic acids is 1. The summed E-state index contributed by atoms with van der Waals surface area (Å²) in [6.07, 6.45) is 4.10. The SMILES string of the molecule is CC(C)C[C@H](NC(=O)c1ccc2nncn2c1)c1nc2ccccc2[nH]1. The summed E-state index contributed by atoms with van der Waals surface area (Å²) in [5.41, 5.74) is 3.13. The zero-order valence-electron chi connectivity index (χ0n) is 14.7. The lowest BCUT2D eigenvalue weighted by Crippen LogP contribution is -2.30. The molecule has 2 N–H and O–H groups in total. The van der Waals surface area contributed by atoms with E-state index in [9.17, 15) is 4.79 Å². The van der Waals surface area contributed by atoms with Gasteiger partial charge < -0.3 is 10.3 Å². The summed E-state index contributed by atoms with van der Waals surface area (Å²) in [6, 6.07) is 11.2. The van der Waals surface area contributed by atoms with Crippen molar-refractivity contribution in [2.75, 3.05) is 0 Å². The lowest BCUT2D eigenvalue weighted by Gasteiger charge is -2.18. The van der Waals surface area contributed by atoms with Crippen molar-refractivity contribution in [2.45, 2.75) is 26.3 Å². The van der Waals surface area contributed by atoms with Crippen LogP contribution in [0.25, 0.3) is 16.7 Å². The number of benzene rings is 1. The van der Waals surface area contributed by atoms with Gasteiger partial charge in [-0.05, 0) is 36.6 Å². The Kier molecular flexibility index (Phi) is 4.12. The Labute approximate surface area is 150 Å². The number of aromatic nitrogens is 5. The molecule has 0 aliphatic carbocycles. The predicted octanol–water partition coefficient (Wildman–Crippen LogP) is 3.12. The van der Waals surface area contributed by atoms with Gasteiger partial charge in [0, 0.05) is 6.20 Å². The molecule has 0 aliphatic heterocycles. The van der Waals surface area contributed by atoms with Crippen LogP contribution in [-0.4, -0.2) is 30.5 Å². The monoisotopic (exact) mass is 348 g/mol. The van der Waals surface area contributed by atoms with Crippen molar-refractivity contribution in [1.82, 2.24) is 29.9 Å². The van der Waals surface area contributed by atoms with Crippen LogP contribution in [-0.2, 0) is 0 Å². The molecule has 0 unspecified atom stereocenters. The van der Waals surface area contributed by atoms with Crippen molar-refractivity contribution < 1.29 is 4.79 Å². The minimum absolute atomic E-state index is 0.147. The van der Waals surface area contributed by atoms with Gasteiger partial charge in [0.05, 0.1) is 22.6 Å². The van der Waals surface area contributed by atoms with E-state index < -0.39 is 0 Å². The van der Waals surface area contributed by atoms with Crippen LogP contribution < -0.4 is 5.32 Å². The molecule has 26 heavy (non-hydrogen) atoms. The number of para-hydroxylation sites is 2. The van der Waals surface area contributed by atoms with Gasteiger partial charge in [-0.1, -0.05) is 26.0 Å². The molecule has 0 saturated heterocycles. The molecular formula is C19H20N6O. The number of hydrogen-bond acceptors (Lipinski definition) is 4. The second-order valence-electron chi connectivity index (χ2n) is 6.81. The molecule has 0 aliphatic rings. The van der Waals surface area contributed by atoms with Crippen LogP contribution in [0.5, 0.6) is 0 Å². The highest BCUT2D eigenvalue weighted by molar-refractivity contribution is 5.94. The molecule has 7 nitrogen and oxygen atoms in total. The van der Waals surface area contributed by atoms with Gasteiger partial charge in [0.1, 0.15) is 12.2 Å². The number of pyridine rings is 1. The molecule has 0 bridgehead atoms. The zero-order chi connectivity index (χ0) is 18.1. The van der Waals surface area contributed by atoms with E-state index in [1.54, 1.807) is 29.1 Å². The van der Waals surface area contributed by atoms with Gasteiger partial charge in [-0.15, -0.1) is 10.2 Å². The second kappa shape index (κ2) is 6.59. The highest BCUT2D eigenvalue weighted by Gasteiger charge is 2.20. The number of carbonyl (C=O) groups is 1. The topological polar surface area (TPSA) is 88.0 Å². The first-order chi connectivity index (χ1) is 12.6. The van der Waals surface area contributed by atoms with Crippen molar-refractivity contribution in [3.63, 3.8) is 0 Å². The van der Waals surface area contributed by atoms with Crippen LogP contribution >= 0.6 is 0 Å². The highest BCUT2D eigenvalue weighted by atomic mass is 16.1. The van der Waals surface area contributed by atoms with Crippen molar-refractivity contribution in [2.24, 2.45) is 5.92 Å². The molecule has 0 saturated carbocycles. The molecule has 0 radical (unpaired) electrons. The number of H-pyrrole nitrogens is 1. The van der Waals surface area contributed by atoms with Gasteiger partial charge in [0.15, 0.2) is 5.65 Å². The Morgan fingerprint density at radius 1 is 1.23 bits per heavy atom. The van der Waals surface area contributed by atoms with Gasteiger partial charge in [0.25, 0.3) is 5.91 Å². The number of nitrogens with one attached hydrogen (secondary N) is 2. The number of aromatic amines is 1. The molecule has 3 heterocycles. The summed E-state index contributed by atoms with van der Waals surface area (Å²) in [5, 5.41) is 10.9. The van der Waals surface area contributed by atoms with Gasteiger partial charge >= 0.3 is 0 Å². The Hall–Kier alpha value is -3.22. The summed E-state index contributed by atoms with van der Waals surface area (Å²) >= 11 is 0. The molecule has 132 valence electrons. The van der Waals surface area contributed by atoms with Crippen molar-refractivity contribution in [1.29, 1.82) is 0 Å². The number of amides is 1. The number of imidazole rings is 1. The smallest absolute Gasteiger partial charge is 0.253 e. The Morgan fingerprint density at radius 3 is 2.88 bits per heavy atom. The summed E-state index contributed by atoms with van der Waals surface area (Å²) in [7, 11) is 0. The number of fused-ring (bicyclic) bond motifs is 2. The summed E-state index contributed by atoms with van der Waals surface area (Å²) in [4.78, 5) is 20.8. The van der Waals surface area contributed by atoms with Crippen LogP contribution in [0.2, 0.25) is 0 Å². The lowest BCUT2D eigenvalue weighted by atomic mass is 10.0. The van der Waals surface area contributed by atoms with Crippen molar-refractivity contribution in [3.8, 4) is 0 Å². The molecule has 1 aromatic carbocycles. The summed E-state index contributed by atoms with van der Waals surface area (Å²) in [5.74, 6) is 1.04. The van der Waals surface area contributed by atoms with Gasteiger partial charge in [0.2, 0.25) is 0 Å². The third-order valence-electron chi connectivity index (χ3n) is 4.30. The molecule has 0 fully saturated rings. The minimum atomic E-state index is -0.188. The first kappa shape index (κ1) is 16.3. The largest absolute Gasteiger partial charge is 0.342 e. The standard InChI is InChI=1S/C19H20N6O/c1-12(2)9-16(18-21-14-5-3-4-6-15(14)22-18)23-19(26)13-7-8-17-24-20-11-25(17)10-13/h3-8,10-12,16H,9H2,1-2H3,(H,21,22)(H,23,26)/t16-/m0/s1. The highest BCUT2D eigenvalue weighted by Crippen LogP contribution is 2.22. The van der Waals surface area contributed by atoms with Crippen LogP contribution in [0.3, 0.4) is 0 Å². The van der Waals surface area contributed by atoms with E-state index in [-0.39, 0.29) is 11.9 Å². The predicted molar refractivity (Wildman–Crippen MR) is 98.7 cm³/mol. The van der Waals surface area contributed by atoms with Gasteiger partial charge in [-0.2, -0.15) is 0 Å². The van der Waals surface area contributed by atoms with Crippen LogP contribution in [0, 0.1) is 5.92 Å². The van der Waals surface area contributed by atoms with E-state index in [1.807, 2.05) is 24.3 Å².